The molecule has 0 spiro atoms. The van der Waals surface area contributed by atoms with Gasteiger partial charge in [-0.1, -0.05) is 37.1 Å². The summed E-state index contributed by atoms with van der Waals surface area (Å²) in [5.74, 6) is 2.66. The van der Waals surface area contributed by atoms with E-state index in [4.69, 9.17) is 21.3 Å². The number of aliphatic hydroxyl groups is 1. The third kappa shape index (κ3) is 4.26. The molecule has 2 heterocycles. The van der Waals surface area contributed by atoms with Crippen molar-refractivity contribution in [2.45, 2.75) is 51.4 Å². The molecule has 1 aliphatic carbocycles. The SMILES string of the molecule is CCCCOc1cccc(-c2nc([C@H]3CC[C@@H](CO)CC3)n3ccnc(Cl)c23)c1. The zero-order chi connectivity index (χ0) is 20.2. The first-order chi connectivity index (χ1) is 14.2. The Bertz CT molecular complexity index is 964. The number of unbranched alkanes of at least 4 members (excludes halogenated alkanes) is 1. The Morgan fingerprint density at radius 2 is 2.07 bits per heavy atom. The zero-order valence-electron chi connectivity index (χ0n) is 16.9. The summed E-state index contributed by atoms with van der Waals surface area (Å²) in [7, 11) is 0. The number of imidazole rings is 1. The molecule has 0 amide bonds. The fraction of sp³-hybridized carbons (Fsp3) is 0.478. The Morgan fingerprint density at radius 1 is 1.24 bits per heavy atom. The van der Waals surface area contributed by atoms with Gasteiger partial charge in [0.1, 0.15) is 17.1 Å². The van der Waals surface area contributed by atoms with Gasteiger partial charge in [-0.15, -0.1) is 0 Å². The van der Waals surface area contributed by atoms with E-state index in [1.807, 2.05) is 30.5 Å². The minimum atomic E-state index is 0.279. The molecular formula is C23H28ClN3O2. The van der Waals surface area contributed by atoms with Crippen LogP contribution in [0, 0.1) is 5.92 Å². The summed E-state index contributed by atoms with van der Waals surface area (Å²) in [6, 6.07) is 8.06. The largest absolute Gasteiger partial charge is 0.494 e. The van der Waals surface area contributed by atoms with E-state index in [9.17, 15) is 5.11 Å². The monoisotopic (exact) mass is 413 g/mol. The maximum Gasteiger partial charge on any atom is 0.155 e. The van der Waals surface area contributed by atoms with Gasteiger partial charge in [-0.2, -0.15) is 0 Å². The van der Waals surface area contributed by atoms with Crippen molar-refractivity contribution >= 4 is 17.1 Å². The maximum absolute atomic E-state index is 9.45. The molecule has 0 bridgehead atoms. The summed E-state index contributed by atoms with van der Waals surface area (Å²) < 4.78 is 7.99. The third-order valence-corrected chi connectivity index (χ3v) is 6.16. The highest BCUT2D eigenvalue weighted by Gasteiger charge is 2.27. The van der Waals surface area contributed by atoms with E-state index in [0.717, 1.165) is 66.9 Å². The van der Waals surface area contributed by atoms with Crippen molar-refractivity contribution in [3.8, 4) is 17.0 Å². The molecule has 0 unspecified atom stereocenters. The smallest absolute Gasteiger partial charge is 0.155 e. The van der Waals surface area contributed by atoms with E-state index in [1.54, 1.807) is 6.20 Å². The van der Waals surface area contributed by atoms with Crippen molar-refractivity contribution in [3.05, 3.63) is 47.6 Å². The number of aromatic nitrogens is 3. The van der Waals surface area contributed by atoms with Crippen molar-refractivity contribution < 1.29 is 9.84 Å². The van der Waals surface area contributed by atoms with Crippen LogP contribution in [-0.2, 0) is 0 Å². The lowest BCUT2D eigenvalue weighted by atomic mass is 9.82. The van der Waals surface area contributed by atoms with Gasteiger partial charge in [0.2, 0.25) is 0 Å². The summed E-state index contributed by atoms with van der Waals surface area (Å²) in [5.41, 5.74) is 2.68. The van der Waals surface area contributed by atoms with Gasteiger partial charge in [-0.05, 0) is 50.2 Å². The standard InChI is InChI=1S/C23H28ClN3O2/c1-2-3-13-29-19-6-4-5-18(14-19)20-21-22(24)25-11-12-27(21)23(26-20)17-9-7-16(15-28)8-10-17/h4-6,11-12,14,16-17,28H,2-3,7-10,13,15H2,1H3/t16-,17+. The molecule has 1 fully saturated rings. The van der Waals surface area contributed by atoms with Crippen LogP contribution >= 0.6 is 11.6 Å². The number of halogens is 1. The van der Waals surface area contributed by atoms with Gasteiger partial charge < -0.3 is 9.84 Å². The summed E-state index contributed by atoms with van der Waals surface area (Å²) in [5, 5.41) is 9.91. The van der Waals surface area contributed by atoms with Gasteiger partial charge in [0.05, 0.1) is 12.3 Å². The first-order valence-electron chi connectivity index (χ1n) is 10.6. The van der Waals surface area contributed by atoms with Crippen LogP contribution in [0.15, 0.2) is 36.7 Å². The molecule has 1 N–H and O–H groups in total. The Balaban J connectivity index is 1.71. The molecule has 1 aliphatic rings. The van der Waals surface area contributed by atoms with Crippen molar-refractivity contribution in [3.63, 3.8) is 0 Å². The summed E-state index contributed by atoms with van der Waals surface area (Å²) in [4.78, 5) is 9.35. The Morgan fingerprint density at radius 3 is 2.83 bits per heavy atom. The van der Waals surface area contributed by atoms with E-state index in [0.29, 0.717) is 23.6 Å². The average Bonchev–Trinajstić information content (AvgIpc) is 3.15. The van der Waals surface area contributed by atoms with Gasteiger partial charge in [0.15, 0.2) is 5.15 Å². The number of ether oxygens (including phenoxy) is 1. The number of nitrogens with zero attached hydrogens (tertiary/aromatic N) is 3. The van der Waals surface area contributed by atoms with E-state index in [1.165, 1.54) is 0 Å². The number of benzene rings is 1. The highest BCUT2D eigenvalue weighted by atomic mass is 35.5. The third-order valence-electron chi connectivity index (χ3n) is 5.88. The van der Waals surface area contributed by atoms with Crippen molar-refractivity contribution in [1.82, 2.24) is 14.4 Å². The molecule has 154 valence electrons. The Kier molecular flexibility index (Phi) is 6.36. The van der Waals surface area contributed by atoms with E-state index < -0.39 is 0 Å². The number of fused-ring (bicyclic) bond motifs is 1. The van der Waals surface area contributed by atoms with Crippen LogP contribution in [0.1, 0.15) is 57.2 Å². The van der Waals surface area contributed by atoms with E-state index in [-0.39, 0.29) is 6.61 Å². The fourth-order valence-electron chi connectivity index (χ4n) is 4.18. The lowest BCUT2D eigenvalue weighted by molar-refractivity contribution is 0.181. The van der Waals surface area contributed by atoms with Gasteiger partial charge >= 0.3 is 0 Å². The lowest BCUT2D eigenvalue weighted by Gasteiger charge is -2.26. The molecule has 4 rings (SSSR count). The molecule has 0 radical (unpaired) electrons. The van der Waals surface area contributed by atoms with Gasteiger partial charge in [0, 0.05) is 30.5 Å². The molecule has 5 nitrogen and oxygen atoms in total. The number of hydrogen-bond acceptors (Lipinski definition) is 4. The fourth-order valence-corrected chi connectivity index (χ4v) is 4.42. The maximum atomic E-state index is 9.45. The second-order valence-corrected chi connectivity index (χ2v) is 8.24. The van der Waals surface area contributed by atoms with Crippen molar-refractivity contribution in [1.29, 1.82) is 0 Å². The van der Waals surface area contributed by atoms with Crippen LogP contribution < -0.4 is 4.74 Å². The van der Waals surface area contributed by atoms with Crippen LogP contribution in [0.2, 0.25) is 5.15 Å². The first-order valence-corrected chi connectivity index (χ1v) is 11.0. The molecular weight excluding hydrogens is 386 g/mol. The molecule has 0 aliphatic heterocycles. The van der Waals surface area contributed by atoms with Gasteiger partial charge in [-0.25, -0.2) is 9.97 Å². The van der Waals surface area contributed by atoms with Crippen LogP contribution in [0.25, 0.3) is 16.8 Å². The lowest BCUT2D eigenvalue weighted by Crippen LogP contribution is -2.17. The normalized spacial score (nSPS) is 19.6. The van der Waals surface area contributed by atoms with Gasteiger partial charge in [-0.3, -0.25) is 4.40 Å². The van der Waals surface area contributed by atoms with Crippen molar-refractivity contribution in [2.24, 2.45) is 5.92 Å². The Hall–Kier alpha value is -2.11. The molecule has 0 saturated heterocycles. The summed E-state index contributed by atoms with van der Waals surface area (Å²) in [6.45, 7) is 3.15. The number of rotatable bonds is 7. The number of hydrogen-bond donors (Lipinski definition) is 1. The number of aliphatic hydroxyl groups excluding tert-OH is 1. The van der Waals surface area contributed by atoms with E-state index in [2.05, 4.69) is 16.3 Å². The molecule has 1 aromatic carbocycles. The minimum absolute atomic E-state index is 0.279. The average molecular weight is 414 g/mol. The molecule has 29 heavy (non-hydrogen) atoms. The van der Waals surface area contributed by atoms with Crippen LogP contribution in [0.4, 0.5) is 0 Å². The van der Waals surface area contributed by atoms with Crippen LogP contribution in [-0.4, -0.2) is 32.7 Å². The molecule has 3 aromatic rings. The summed E-state index contributed by atoms with van der Waals surface area (Å²) in [6.07, 6.45) is 9.95. The van der Waals surface area contributed by atoms with Crippen LogP contribution in [0.5, 0.6) is 5.75 Å². The highest BCUT2D eigenvalue weighted by Crippen LogP contribution is 2.39. The predicted octanol–water partition coefficient (Wildman–Crippen LogP) is 5.49. The molecule has 0 atom stereocenters. The minimum Gasteiger partial charge on any atom is -0.494 e. The summed E-state index contributed by atoms with van der Waals surface area (Å²) >= 11 is 6.52. The molecule has 6 heteroatoms. The zero-order valence-corrected chi connectivity index (χ0v) is 17.6. The molecule has 1 saturated carbocycles. The van der Waals surface area contributed by atoms with E-state index >= 15 is 0 Å². The first kappa shape index (κ1) is 20.2. The topological polar surface area (TPSA) is 59.7 Å². The Labute approximate surface area is 176 Å². The highest BCUT2D eigenvalue weighted by molar-refractivity contribution is 6.33. The predicted molar refractivity (Wildman–Crippen MR) is 116 cm³/mol. The second kappa shape index (κ2) is 9.14. The van der Waals surface area contributed by atoms with Crippen molar-refractivity contribution in [2.75, 3.05) is 13.2 Å². The quantitative estimate of drug-likeness (QED) is 0.520. The molecule has 2 aromatic heterocycles. The van der Waals surface area contributed by atoms with Gasteiger partial charge in [0.25, 0.3) is 0 Å². The van der Waals surface area contributed by atoms with Crippen LogP contribution in [0.3, 0.4) is 0 Å². The second-order valence-electron chi connectivity index (χ2n) is 7.89.